The lowest BCUT2D eigenvalue weighted by molar-refractivity contribution is -0.140. The molecular formula is C23H24ClF2N5O2. The van der Waals surface area contributed by atoms with E-state index in [0.29, 0.717) is 49.6 Å². The van der Waals surface area contributed by atoms with Crippen molar-refractivity contribution in [1.82, 2.24) is 24.6 Å². The number of alkyl halides is 2. The third-order valence-electron chi connectivity index (χ3n) is 7.31. The van der Waals surface area contributed by atoms with E-state index in [9.17, 15) is 18.4 Å². The minimum atomic E-state index is -1.77. The van der Waals surface area contributed by atoms with E-state index < -0.39 is 23.2 Å². The van der Waals surface area contributed by atoms with Crippen LogP contribution in [0.4, 0.5) is 8.78 Å². The number of piperidine rings is 1. The maximum absolute atomic E-state index is 14.6. The Morgan fingerprint density at radius 1 is 0.939 bits per heavy atom. The van der Waals surface area contributed by atoms with Crippen LogP contribution >= 0.6 is 11.6 Å². The lowest BCUT2D eigenvalue weighted by atomic mass is 9.95. The van der Waals surface area contributed by atoms with Gasteiger partial charge in [0, 0.05) is 30.6 Å². The molecule has 1 aromatic carbocycles. The molecule has 2 aliphatic heterocycles. The molecule has 2 aromatic rings. The summed E-state index contributed by atoms with van der Waals surface area (Å²) < 4.78 is 30.8. The third kappa shape index (κ3) is 3.52. The van der Waals surface area contributed by atoms with Crippen LogP contribution in [0.15, 0.2) is 18.2 Å². The minimum Gasteiger partial charge on any atom is -0.340 e. The van der Waals surface area contributed by atoms with Gasteiger partial charge in [0.25, 0.3) is 11.8 Å². The van der Waals surface area contributed by atoms with E-state index in [1.807, 2.05) is 10.6 Å². The molecule has 7 nitrogen and oxygen atoms in total. The first kappa shape index (κ1) is 21.0. The Bertz CT molecular complexity index is 1150. The lowest BCUT2D eigenvalue weighted by Gasteiger charge is -2.32. The molecule has 1 saturated heterocycles. The van der Waals surface area contributed by atoms with Gasteiger partial charge in [0.05, 0.1) is 12.2 Å². The molecule has 0 bridgehead atoms. The van der Waals surface area contributed by atoms with Crippen LogP contribution < -0.4 is 0 Å². The standard InChI is InChI=1S/C23H24ClF2N5O2/c24-16-1-2-17-15(11-16)12-30(21(33)23(26)7-8-23)13-18-27-28-19(31(17)18)14-3-9-29(10-4-14)20(32)22(25)5-6-22/h1-2,11,14H,3-10,12-13H2. The fraction of sp³-hybridized carbons (Fsp3) is 0.565. The fourth-order valence-corrected chi connectivity index (χ4v) is 5.18. The van der Waals surface area contributed by atoms with Gasteiger partial charge in [-0.25, -0.2) is 8.78 Å². The number of carbonyl (C=O) groups is 2. The van der Waals surface area contributed by atoms with E-state index in [1.165, 1.54) is 4.90 Å². The van der Waals surface area contributed by atoms with E-state index in [-0.39, 0.29) is 31.8 Å². The van der Waals surface area contributed by atoms with Gasteiger partial charge in [0.2, 0.25) is 0 Å². The number of benzene rings is 1. The number of halogens is 3. The number of amides is 2. The van der Waals surface area contributed by atoms with Gasteiger partial charge in [-0.3, -0.25) is 14.2 Å². The highest BCUT2D eigenvalue weighted by Gasteiger charge is 2.54. The highest BCUT2D eigenvalue weighted by molar-refractivity contribution is 6.30. The number of nitrogens with zero attached hydrogens (tertiary/aromatic N) is 5. The zero-order valence-corrected chi connectivity index (χ0v) is 18.8. The van der Waals surface area contributed by atoms with Crippen LogP contribution in [0.3, 0.4) is 0 Å². The molecule has 33 heavy (non-hydrogen) atoms. The molecule has 6 rings (SSSR count). The van der Waals surface area contributed by atoms with Crippen LogP contribution in [0.25, 0.3) is 5.69 Å². The van der Waals surface area contributed by atoms with Crippen molar-refractivity contribution in [2.45, 2.75) is 68.9 Å². The molecule has 3 heterocycles. The summed E-state index contributed by atoms with van der Waals surface area (Å²) in [7, 11) is 0. The number of hydrogen-bond donors (Lipinski definition) is 0. The van der Waals surface area contributed by atoms with Crippen molar-refractivity contribution in [3.05, 3.63) is 40.4 Å². The van der Waals surface area contributed by atoms with Gasteiger partial charge in [0.1, 0.15) is 5.82 Å². The average molecular weight is 476 g/mol. The summed E-state index contributed by atoms with van der Waals surface area (Å²) in [5.41, 5.74) is -1.79. The van der Waals surface area contributed by atoms with E-state index >= 15 is 0 Å². The predicted octanol–water partition coefficient (Wildman–Crippen LogP) is 3.47. The van der Waals surface area contributed by atoms with Crippen LogP contribution in [0.1, 0.15) is 61.7 Å². The molecule has 2 saturated carbocycles. The second kappa shape index (κ2) is 7.22. The summed E-state index contributed by atoms with van der Waals surface area (Å²) in [5, 5.41) is 9.37. The van der Waals surface area contributed by atoms with Crippen LogP contribution in [0.2, 0.25) is 5.02 Å². The Labute approximate surface area is 194 Å². The van der Waals surface area contributed by atoms with Crippen molar-refractivity contribution in [2.75, 3.05) is 13.1 Å². The summed E-state index contributed by atoms with van der Waals surface area (Å²) in [5.74, 6) is 0.446. The van der Waals surface area contributed by atoms with E-state index in [1.54, 1.807) is 17.0 Å². The molecule has 174 valence electrons. The first-order chi connectivity index (χ1) is 15.8. The molecule has 0 radical (unpaired) electrons. The van der Waals surface area contributed by atoms with Crippen LogP contribution in [-0.2, 0) is 22.7 Å². The monoisotopic (exact) mass is 475 g/mol. The van der Waals surface area contributed by atoms with Gasteiger partial charge in [-0.15, -0.1) is 10.2 Å². The van der Waals surface area contributed by atoms with Crippen molar-refractivity contribution in [3.63, 3.8) is 0 Å². The van der Waals surface area contributed by atoms with Crippen LogP contribution in [0.5, 0.6) is 0 Å². The molecule has 0 unspecified atom stereocenters. The first-order valence-corrected chi connectivity index (χ1v) is 11.8. The highest BCUT2D eigenvalue weighted by atomic mass is 35.5. The summed E-state index contributed by atoms with van der Waals surface area (Å²) in [6.07, 6.45) is 2.44. The fourth-order valence-electron chi connectivity index (χ4n) is 4.99. The second-order valence-corrected chi connectivity index (χ2v) is 10.2. The Balaban J connectivity index is 1.31. The topological polar surface area (TPSA) is 71.3 Å². The van der Waals surface area contributed by atoms with Gasteiger partial charge in [-0.05, 0) is 62.3 Å². The maximum atomic E-state index is 14.6. The number of rotatable bonds is 3. The second-order valence-electron chi connectivity index (χ2n) is 9.74. The van der Waals surface area contributed by atoms with Gasteiger partial charge in [-0.2, -0.15) is 0 Å². The quantitative estimate of drug-likeness (QED) is 0.681. The number of likely N-dealkylation sites (tertiary alicyclic amines) is 1. The molecule has 0 spiro atoms. The number of aromatic nitrogens is 3. The highest BCUT2D eigenvalue weighted by Crippen LogP contribution is 2.44. The van der Waals surface area contributed by atoms with Crippen molar-refractivity contribution < 1.29 is 18.4 Å². The van der Waals surface area contributed by atoms with Gasteiger partial charge < -0.3 is 9.80 Å². The van der Waals surface area contributed by atoms with E-state index in [0.717, 1.165) is 17.1 Å². The Morgan fingerprint density at radius 2 is 1.58 bits per heavy atom. The largest absolute Gasteiger partial charge is 0.340 e. The molecule has 3 fully saturated rings. The van der Waals surface area contributed by atoms with Crippen molar-refractivity contribution in [3.8, 4) is 5.69 Å². The molecule has 0 atom stereocenters. The van der Waals surface area contributed by atoms with E-state index in [4.69, 9.17) is 11.6 Å². The normalized spacial score (nSPS) is 22.9. The third-order valence-corrected chi connectivity index (χ3v) is 7.55. The molecule has 2 amide bonds. The van der Waals surface area contributed by atoms with Crippen molar-refractivity contribution in [1.29, 1.82) is 0 Å². The predicted molar refractivity (Wildman–Crippen MR) is 115 cm³/mol. The molecule has 4 aliphatic rings. The maximum Gasteiger partial charge on any atom is 0.260 e. The molecule has 10 heteroatoms. The van der Waals surface area contributed by atoms with Crippen LogP contribution in [-0.4, -0.2) is 60.8 Å². The average Bonchev–Trinajstić information content (AvgIpc) is 3.72. The molecule has 1 aromatic heterocycles. The molecular weight excluding hydrogens is 452 g/mol. The van der Waals surface area contributed by atoms with Gasteiger partial charge in [0.15, 0.2) is 17.2 Å². The summed E-state index contributed by atoms with van der Waals surface area (Å²) in [6, 6.07) is 5.45. The zero-order valence-electron chi connectivity index (χ0n) is 18.1. The van der Waals surface area contributed by atoms with Gasteiger partial charge in [-0.1, -0.05) is 11.6 Å². The van der Waals surface area contributed by atoms with Crippen molar-refractivity contribution in [2.24, 2.45) is 0 Å². The number of fused-ring (bicyclic) bond motifs is 3. The summed E-state index contributed by atoms with van der Waals surface area (Å²) >= 11 is 6.25. The molecule has 2 aliphatic carbocycles. The Morgan fingerprint density at radius 3 is 2.21 bits per heavy atom. The molecule has 0 N–H and O–H groups in total. The minimum absolute atomic E-state index is 0.0341. The zero-order chi connectivity index (χ0) is 23.0. The summed E-state index contributed by atoms with van der Waals surface area (Å²) in [4.78, 5) is 28.3. The smallest absolute Gasteiger partial charge is 0.260 e. The van der Waals surface area contributed by atoms with E-state index in [2.05, 4.69) is 10.2 Å². The lowest BCUT2D eigenvalue weighted by Crippen LogP contribution is -2.43. The Kier molecular flexibility index (Phi) is 4.60. The van der Waals surface area contributed by atoms with Gasteiger partial charge >= 0.3 is 0 Å². The first-order valence-electron chi connectivity index (χ1n) is 11.5. The number of hydrogen-bond acceptors (Lipinski definition) is 4. The van der Waals surface area contributed by atoms with Crippen molar-refractivity contribution >= 4 is 23.4 Å². The Hall–Kier alpha value is -2.55. The number of carbonyl (C=O) groups excluding carboxylic acids is 2. The summed E-state index contributed by atoms with van der Waals surface area (Å²) in [6.45, 7) is 1.35. The van der Waals surface area contributed by atoms with Crippen LogP contribution in [0, 0.1) is 0 Å². The SMILES string of the molecule is O=C(N1CCC(c2nnc3n2-c2ccc(Cl)cc2CN(C(=O)C2(F)CC2)C3)CC1)C1(F)CC1.